The van der Waals surface area contributed by atoms with Crippen molar-refractivity contribution < 1.29 is 0 Å². The summed E-state index contributed by atoms with van der Waals surface area (Å²) < 4.78 is 4.26. The number of hydrogen-bond donors (Lipinski definition) is 2. The minimum absolute atomic E-state index is 0.807. The summed E-state index contributed by atoms with van der Waals surface area (Å²) in [5.74, 6) is 5.81. The van der Waals surface area contributed by atoms with Crippen LogP contribution in [-0.2, 0) is 6.42 Å². The van der Waals surface area contributed by atoms with E-state index in [0.717, 1.165) is 30.2 Å². The normalized spacial score (nSPS) is 10.4. The van der Waals surface area contributed by atoms with E-state index in [1.807, 2.05) is 13.1 Å². The number of hydrazine groups is 1. The van der Waals surface area contributed by atoms with Crippen LogP contribution < -0.4 is 16.2 Å². The number of rotatable bonds is 5. The zero-order valence-corrected chi connectivity index (χ0v) is 8.90. The summed E-state index contributed by atoms with van der Waals surface area (Å²) in [4.78, 5) is 0. The van der Waals surface area contributed by atoms with Crippen LogP contribution in [0.3, 0.4) is 0 Å². The minimum Gasteiger partial charge on any atom is -0.318 e. The standard InChI is InChI=1S/C8H16N4S/c1-3-7-6-8(13-11-7)12(9)5-4-10-2/h6,10H,3-5,9H2,1-2H3. The molecule has 0 fully saturated rings. The highest BCUT2D eigenvalue weighted by atomic mass is 32.1. The van der Waals surface area contributed by atoms with Gasteiger partial charge in [0.05, 0.1) is 5.69 Å². The van der Waals surface area contributed by atoms with Gasteiger partial charge in [0.2, 0.25) is 0 Å². The average Bonchev–Trinajstić information content (AvgIpc) is 2.62. The number of aromatic nitrogens is 1. The fraction of sp³-hybridized carbons (Fsp3) is 0.625. The van der Waals surface area contributed by atoms with Crippen LogP contribution in [0.15, 0.2) is 6.07 Å². The third kappa shape index (κ3) is 2.95. The smallest absolute Gasteiger partial charge is 0.126 e. The van der Waals surface area contributed by atoms with Crippen LogP contribution in [0.5, 0.6) is 0 Å². The van der Waals surface area contributed by atoms with E-state index in [1.54, 1.807) is 5.01 Å². The summed E-state index contributed by atoms with van der Waals surface area (Å²) in [5, 5.41) is 5.82. The van der Waals surface area contributed by atoms with Gasteiger partial charge in [-0.05, 0) is 31.1 Å². The van der Waals surface area contributed by atoms with E-state index in [1.165, 1.54) is 11.5 Å². The second-order valence-corrected chi connectivity index (χ2v) is 3.59. The predicted octanol–water partition coefficient (Wildman–Crippen LogP) is 0.605. The van der Waals surface area contributed by atoms with Crippen LogP contribution in [0.4, 0.5) is 5.00 Å². The second kappa shape index (κ2) is 5.16. The Bertz CT molecular complexity index is 248. The first-order valence-corrected chi connectivity index (χ1v) is 5.17. The Morgan fingerprint density at radius 2 is 2.46 bits per heavy atom. The highest BCUT2D eigenvalue weighted by Gasteiger charge is 2.04. The highest BCUT2D eigenvalue weighted by molar-refractivity contribution is 7.10. The summed E-state index contributed by atoms with van der Waals surface area (Å²) >= 11 is 1.46. The second-order valence-electron chi connectivity index (χ2n) is 2.81. The van der Waals surface area contributed by atoms with Gasteiger partial charge in [0.15, 0.2) is 0 Å². The van der Waals surface area contributed by atoms with Crippen LogP contribution in [0, 0.1) is 0 Å². The maximum atomic E-state index is 5.81. The molecular weight excluding hydrogens is 184 g/mol. The summed E-state index contributed by atoms with van der Waals surface area (Å²) in [6.07, 6.45) is 0.969. The molecule has 13 heavy (non-hydrogen) atoms. The number of anilines is 1. The minimum atomic E-state index is 0.807. The highest BCUT2D eigenvalue weighted by Crippen LogP contribution is 2.18. The zero-order valence-electron chi connectivity index (χ0n) is 8.08. The summed E-state index contributed by atoms with van der Waals surface area (Å²) in [6.45, 7) is 3.78. The fourth-order valence-electron chi connectivity index (χ4n) is 0.945. The van der Waals surface area contributed by atoms with Crippen molar-refractivity contribution in [3.05, 3.63) is 11.8 Å². The predicted molar refractivity (Wildman–Crippen MR) is 57.0 cm³/mol. The fourth-order valence-corrected chi connectivity index (χ4v) is 1.72. The Morgan fingerprint density at radius 3 is 3.00 bits per heavy atom. The first kappa shape index (κ1) is 10.4. The molecule has 0 aliphatic carbocycles. The molecular formula is C8H16N4S. The molecule has 0 aromatic carbocycles. The molecule has 1 rings (SSSR count). The molecule has 4 nitrogen and oxygen atoms in total. The van der Waals surface area contributed by atoms with E-state index in [9.17, 15) is 0 Å². The van der Waals surface area contributed by atoms with E-state index < -0.39 is 0 Å². The number of nitrogens with one attached hydrogen (secondary N) is 1. The summed E-state index contributed by atoms with van der Waals surface area (Å²) in [6, 6.07) is 2.04. The SMILES string of the molecule is CCc1cc(N(N)CCNC)sn1. The van der Waals surface area contributed by atoms with Gasteiger partial charge >= 0.3 is 0 Å². The molecule has 0 saturated carbocycles. The lowest BCUT2D eigenvalue weighted by Gasteiger charge is -2.14. The third-order valence-corrected chi connectivity index (χ3v) is 2.66. The van der Waals surface area contributed by atoms with Gasteiger partial charge in [0, 0.05) is 13.1 Å². The quantitative estimate of drug-likeness (QED) is 0.540. The molecule has 0 aliphatic heterocycles. The summed E-state index contributed by atoms with van der Waals surface area (Å²) in [5.41, 5.74) is 1.11. The van der Waals surface area contributed by atoms with Crippen molar-refractivity contribution in [3.8, 4) is 0 Å². The Hall–Kier alpha value is -0.650. The lowest BCUT2D eigenvalue weighted by Crippen LogP contribution is -2.35. The van der Waals surface area contributed by atoms with E-state index >= 15 is 0 Å². The van der Waals surface area contributed by atoms with Crippen molar-refractivity contribution in [1.82, 2.24) is 9.69 Å². The largest absolute Gasteiger partial charge is 0.318 e. The maximum absolute atomic E-state index is 5.81. The Morgan fingerprint density at radius 1 is 1.69 bits per heavy atom. The van der Waals surface area contributed by atoms with Gasteiger partial charge in [-0.25, -0.2) is 5.84 Å². The maximum Gasteiger partial charge on any atom is 0.126 e. The van der Waals surface area contributed by atoms with Crippen LogP contribution in [0.2, 0.25) is 0 Å². The van der Waals surface area contributed by atoms with Crippen molar-refractivity contribution in [1.29, 1.82) is 0 Å². The Kier molecular flexibility index (Phi) is 4.14. The van der Waals surface area contributed by atoms with Crippen molar-refractivity contribution >= 4 is 16.5 Å². The van der Waals surface area contributed by atoms with Gasteiger partial charge in [-0.2, -0.15) is 4.37 Å². The Balaban J connectivity index is 2.50. The number of likely N-dealkylation sites (N-methyl/N-ethyl adjacent to an activating group) is 1. The topological polar surface area (TPSA) is 54.2 Å². The molecule has 0 unspecified atom stereocenters. The molecule has 0 aliphatic rings. The molecule has 5 heteroatoms. The zero-order chi connectivity index (χ0) is 9.68. The first-order chi connectivity index (χ1) is 6.27. The number of hydrogen-bond acceptors (Lipinski definition) is 5. The van der Waals surface area contributed by atoms with Crippen molar-refractivity contribution in [2.75, 3.05) is 25.1 Å². The van der Waals surface area contributed by atoms with Crippen LogP contribution in [-0.4, -0.2) is 24.5 Å². The van der Waals surface area contributed by atoms with Crippen molar-refractivity contribution in [2.45, 2.75) is 13.3 Å². The molecule has 0 spiro atoms. The third-order valence-electron chi connectivity index (χ3n) is 1.79. The average molecular weight is 200 g/mol. The van der Waals surface area contributed by atoms with Crippen molar-refractivity contribution in [2.24, 2.45) is 5.84 Å². The van der Waals surface area contributed by atoms with Crippen LogP contribution in [0.1, 0.15) is 12.6 Å². The van der Waals surface area contributed by atoms with Crippen molar-refractivity contribution in [3.63, 3.8) is 0 Å². The van der Waals surface area contributed by atoms with Gasteiger partial charge < -0.3 is 5.32 Å². The molecule has 3 N–H and O–H groups in total. The molecule has 0 bridgehead atoms. The Labute approximate surface area is 82.9 Å². The molecule has 74 valence electrons. The van der Waals surface area contributed by atoms with Crippen LogP contribution >= 0.6 is 11.5 Å². The first-order valence-electron chi connectivity index (χ1n) is 4.40. The lowest BCUT2D eigenvalue weighted by atomic mass is 10.3. The molecule has 0 atom stereocenters. The molecule has 0 amide bonds. The number of nitrogens with two attached hydrogens (primary N) is 1. The van der Waals surface area contributed by atoms with Gasteiger partial charge in [0.25, 0.3) is 0 Å². The molecule has 1 aromatic heterocycles. The van der Waals surface area contributed by atoms with Gasteiger partial charge in [-0.1, -0.05) is 6.92 Å². The summed E-state index contributed by atoms with van der Waals surface area (Å²) in [7, 11) is 1.91. The van der Waals surface area contributed by atoms with Gasteiger partial charge in [-0.15, -0.1) is 0 Å². The molecule has 1 heterocycles. The van der Waals surface area contributed by atoms with Gasteiger partial charge in [0.1, 0.15) is 5.00 Å². The molecule has 0 saturated heterocycles. The van der Waals surface area contributed by atoms with E-state index in [0.29, 0.717) is 0 Å². The van der Waals surface area contributed by atoms with Gasteiger partial charge in [-0.3, -0.25) is 5.01 Å². The van der Waals surface area contributed by atoms with Crippen LogP contribution in [0.25, 0.3) is 0 Å². The van der Waals surface area contributed by atoms with E-state index in [2.05, 4.69) is 16.6 Å². The molecule has 1 aromatic rings. The lowest BCUT2D eigenvalue weighted by molar-refractivity contribution is 0.746. The number of aryl methyl sites for hydroxylation is 1. The number of nitrogens with zero attached hydrogens (tertiary/aromatic N) is 2. The van der Waals surface area contributed by atoms with E-state index in [-0.39, 0.29) is 0 Å². The molecule has 0 radical (unpaired) electrons. The van der Waals surface area contributed by atoms with E-state index in [4.69, 9.17) is 5.84 Å². The monoisotopic (exact) mass is 200 g/mol.